The fourth-order valence-electron chi connectivity index (χ4n) is 2.69. The zero-order valence-corrected chi connectivity index (χ0v) is 18.7. The molecule has 0 saturated carbocycles. The van der Waals surface area contributed by atoms with Crippen molar-refractivity contribution in [3.8, 4) is 0 Å². The summed E-state index contributed by atoms with van der Waals surface area (Å²) in [6, 6.07) is 0. The van der Waals surface area contributed by atoms with Crippen LogP contribution in [0.5, 0.6) is 0 Å². The first-order valence-electron chi connectivity index (χ1n) is 8.95. The second kappa shape index (κ2) is 8.82. The largest absolute Gasteiger partial charge is 0.413 e. The summed E-state index contributed by atoms with van der Waals surface area (Å²) in [4.78, 5) is 0. The Morgan fingerprint density at radius 2 is 1.64 bits per heavy atom. The smallest absolute Gasteiger partial charge is 0.192 e. The Morgan fingerprint density at radius 1 is 1.09 bits per heavy atom. The van der Waals surface area contributed by atoms with Gasteiger partial charge >= 0.3 is 0 Å². The first kappa shape index (κ1) is 20.9. The van der Waals surface area contributed by atoms with E-state index in [1.54, 1.807) is 0 Å². The lowest BCUT2D eigenvalue weighted by atomic mass is 9.91. The van der Waals surface area contributed by atoms with Crippen LogP contribution in [-0.4, -0.2) is 30.5 Å². The number of rotatable bonds is 7. The maximum absolute atomic E-state index is 6.79. The van der Waals surface area contributed by atoms with E-state index in [1.807, 2.05) is 0 Å². The first-order chi connectivity index (χ1) is 10.0. The Labute approximate surface area is 149 Å². The molecule has 0 unspecified atom stereocenters. The van der Waals surface area contributed by atoms with Crippen LogP contribution in [0.25, 0.3) is 0 Å². The highest BCUT2D eigenvalue weighted by Crippen LogP contribution is 2.40. The van der Waals surface area contributed by atoms with Crippen LogP contribution >= 0.6 is 23.5 Å². The molecule has 0 aromatic heterocycles. The van der Waals surface area contributed by atoms with Gasteiger partial charge in [-0.3, -0.25) is 0 Å². The molecule has 1 rings (SSSR count). The summed E-state index contributed by atoms with van der Waals surface area (Å²) < 4.78 is 7.62. The molecule has 1 saturated heterocycles. The molecule has 0 aromatic rings. The average Bonchev–Trinajstić information content (AvgIpc) is 2.42. The molecule has 0 radical (unpaired) electrons. The van der Waals surface area contributed by atoms with Gasteiger partial charge in [0.2, 0.25) is 0 Å². The van der Waals surface area contributed by atoms with Crippen LogP contribution in [0.4, 0.5) is 0 Å². The molecule has 0 aliphatic carbocycles. The van der Waals surface area contributed by atoms with Crippen molar-refractivity contribution in [1.29, 1.82) is 0 Å². The molecular weight excluding hydrogens is 324 g/mol. The van der Waals surface area contributed by atoms with Crippen molar-refractivity contribution < 1.29 is 4.43 Å². The lowest BCUT2D eigenvalue weighted by molar-refractivity contribution is 0.0778. The molecule has 132 valence electrons. The van der Waals surface area contributed by atoms with Gasteiger partial charge in [-0.05, 0) is 60.7 Å². The minimum absolute atomic E-state index is 0.301. The van der Waals surface area contributed by atoms with Crippen LogP contribution in [0, 0.1) is 11.8 Å². The van der Waals surface area contributed by atoms with E-state index >= 15 is 0 Å². The van der Waals surface area contributed by atoms with Crippen LogP contribution < -0.4 is 0 Å². The standard InChI is InChI=1S/C18H38OS2Si/c1-14(2)17(19-22(7,8)18(4,5)6)15(3)10-11-16-20-12-9-13-21-16/h14-17H,9-13H2,1-8H3/t15-,17+/m0/s1. The molecule has 0 spiro atoms. The second-order valence-corrected chi connectivity index (χ2v) is 16.3. The summed E-state index contributed by atoms with van der Waals surface area (Å²) in [6.07, 6.45) is 4.47. The van der Waals surface area contributed by atoms with E-state index < -0.39 is 8.32 Å². The Bertz CT molecular complexity index is 320. The van der Waals surface area contributed by atoms with Crippen LogP contribution in [0.1, 0.15) is 60.8 Å². The van der Waals surface area contributed by atoms with Crippen molar-refractivity contribution in [1.82, 2.24) is 0 Å². The highest BCUT2D eigenvalue weighted by atomic mass is 32.2. The van der Waals surface area contributed by atoms with Gasteiger partial charge in [0.15, 0.2) is 8.32 Å². The molecule has 1 heterocycles. The molecule has 1 aliphatic rings. The third kappa shape index (κ3) is 6.41. The van der Waals surface area contributed by atoms with Gasteiger partial charge in [0.25, 0.3) is 0 Å². The zero-order valence-electron chi connectivity index (χ0n) is 16.1. The Morgan fingerprint density at radius 3 is 2.09 bits per heavy atom. The summed E-state index contributed by atoms with van der Waals surface area (Å²) in [5.41, 5.74) is 0. The predicted molar refractivity (Wildman–Crippen MR) is 109 cm³/mol. The van der Waals surface area contributed by atoms with E-state index in [9.17, 15) is 0 Å². The van der Waals surface area contributed by atoms with Gasteiger partial charge in [0.05, 0.1) is 4.58 Å². The molecule has 0 amide bonds. The van der Waals surface area contributed by atoms with Gasteiger partial charge < -0.3 is 4.43 Å². The van der Waals surface area contributed by atoms with E-state index in [1.165, 1.54) is 30.8 Å². The zero-order chi connectivity index (χ0) is 17.0. The van der Waals surface area contributed by atoms with Gasteiger partial charge in [-0.25, -0.2) is 0 Å². The van der Waals surface area contributed by atoms with Crippen molar-refractivity contribution in [2.45, 2.75) is 89.6 Å². The molecule has 1 fully saturated rings. The summed E-state index contributed by atoms with van der Waals surface area (Å²) >= 11 is 4.35. The Kier molecular flexibility index (Phi) is 8.39. The lowest BCUT2D eigenvalue weighted by Crippen LogP contribution is -2.47. The third-order valence-corrected chi connectivity index (χ3v) is 12.8. The molecule has 1 aliphatic heterocycles. The summed E-state index contributed by atoms with van der Waals surface area (Å²) in [7, 11) is -1.67. The van der Waals surface area contributed by atoms with E-state index in [-0.39, 0.29) is 0 Å². The molecule has 0 N–H and O–H groups in total. The molecule has 1 nitrogen and oxygen atoms in total. The molecule has 0 aromatic carbocycles. The van der Waals surface area contributed by atoms with Gasteiger partial charge in [-0.2, -0.15) is 0 Å². The van der Waals surface area contributed by atoms with Crippen molar-refractivity contribution in [2.24, 2.45) is 11.8 Å². The van der Waals surface area contributed by atoms with Crippen LogP contribution in [-0.2, 0) is 4.43 Å². The average molecular weight is 363 g/mol. The normalized spacial score (nSPS) is 21.1. The van der Waals surface area contributed by atoms with Gasteiger partial charge in [0, 0.05) is 6.10 Å². The van der Waals surface area contributed by atoms with Gasteiger partial charge in [-0.15, -0.1) is 23.5 Å². The van der Waals surface area contributed by atoms with E-state index in [0.717, 1.165) is 4.58 Å². The predicted octanol–water partition coefficient (Wildman–Crippen LogP) is 6.65. The molecule has 2 atom stereocenters. The van der Waals surface area contributed by atoms with Gasteiger partial charge in [-0.1, -0.05) is 41.5 Å². The van der Waals surface area contributed by atoms with E-state index in [0.29, 0.717) is 23.0 Å². The summed E-state index contributed by atoms with van der Waals surface area (Å²) in [5, 5.41) is 0.301. The maximum Gasteiger partial charge on any atom is 0.192 e. The van der Waals surface area contributed by atoms with Gasteiger partial charge in [0.1, 0.15) is 0 Å². The minimum Gasteiger partial charge on any atom is -0.413 e. The van der Waals surface area contributed by atoms with Crippen molar-refractivity contribution >= 4 is 31.8 Å². The highest BCUT2D eigenvalue weighted by Gasteiger charge is 2.40. The molecular formula is C18H38OS2Si. The number of hydrogen-bond acceptors (Lipinski definition) is 3. The second-order valence-electron chi connectivity index (χ2n) is 8.67. The van der Waals surface area contributed by atoms with Crippen LogP contribution in [0.2, 0.25) is 18.1 Å². The van der Waals surface area contributed by atoms with Crippen molar-refractivity contribution in [3.63, 3.8) is 0 Å². The number of thioether (sulfide) groups is 2. The fourth-order valence-corrected chi connectivity index (χ4v) is 7.13. The summed E-state index contributed by atoms with van der Waals surface area (Å²) in [6.45, 7) is 18.9. The Balaban J connectivity index is 2.57. The number of hydrogen-bond donors (Lipinski definition) is 0. The SMILES string of the molecule is CC(C)[C@@H](O[Si](C)(C)C(C)(C)C)[C@@H](C)CCC1SCCCS1. The molecule has 4 heteroatoms. The molecule has 0 bridgehead atoms. The molecule has 22 heavy (non-hydrogen) atoms. The van der Waals surface area contributed by atoms with Crippen molar-refractivity contribution in [3.05, 3.63) is 0 Å². The van der Waals surface area contributed by atoms with Crippen LogP contribution in [0.15, 0.2) is 0 Å². The van der Waals surface area contributed by atoms with E-state index in [2.05, 4.69) is 78.2 Å². The monoisotopic (exact) mass is 362 g/mol. The Hall–Kier alpha value is 0.877. The highest BCUT2D eigenvalue weighted by molar-refractivity contribution is 8.17. The van der Waals surface area contributed by atoms with E-state index in [4.69, 9.17) is 4.43 Å². The van der Waals surface area contributed by atoms with Crippen molar-refractivity contribution in [2.75, 3.05) is 11.5 Å². The minimum atomic E-state index is -1.67. The third-order valence-electron chi connectivity index (χ3n) is 5.21. The topological polar surface area (TPSA) is 9.23 Å². The quantitative estimate of drug-likeness (QED) is 0.469. The summed E-state index contributed by atoms with van der Waals surface area (Å²) in [5.74, 6) is 3.99. The maximum atomic E-state index is 6.79. The van der Waals surface area contributed by atoms with Crippen LogP contribution in [0.3, 0.4) is 0 Å². The lowest BCUT2D eigenvalue weighted by Gasteiger charge is -2.42. The fraction of sp³-hybridized carbons (Fsp3) is 1.00. The first-order valence-corrected chi connectivity index (χ1v) is 14.0.